The largest absolute Gasteiger partial charge is 0.493 e. The Bertz CT molecular complexity index is 962. The summed E-state index contributed by atoms with van der Waals surface area (Å²) >= 11 is 0. The van der Waals surface area contributed by atoms with E-state index in [2.05, 4.69) is 15.7 Å². The first-order valence-corrected chi connectivity index (χ1v) is 7.94. The second-order valence-electron chi connectivity index (χ2n) is 5.49. The van der Waals surface area contributed by atoms with Crippen molar-refractivity contribution in [3.05, 3.63) is 54.1 Å². The van der Waals surface area contributed by atoms with Crippen LogP contribution in [0.4, 0.5) is 11.5 Å². The Morgan fingerprint density at radius 1 is 1.04 bits per heavy atom. The molecule has 0 radical (unpaired) electrons. The van der Waals surface area contributed by atoms with Crippen LogP contribution in [0, 0.1) is 0 Å². The lowest BCUT2D eigenvalue weighted by molar-refractivity contribution is 0.0993. The lowest BCUT2D eigenvalue weighted by Crippen LogP contribution is -2.13. The Balaban J connectivity index is 1.73. The third-order valence-electron chi connectivity index (χ3n) is 3.74. The van der Waals surface area contributed by atoms with Crippen LogP contribution >= 0.6 is 0 Å². The van der Waals surface area contributed by atoms with E-state index in [0.717, 1.165) is 0 Å². The fourth-order valence-electron chi connectivity index (χ4n) is 2.39. The van der Waals surface area contributed by atoms with Crippen molar-refractivity contribution >= 4 is 23.3 Å². The van der Waals surface area contributed by atoms with E-state index in [1.54, 1.807) is 31.3 Å². The molecule has 0 unspecified atom stereocenters. The minimum absolute atomic E-state index is 0.141. The molecule has 27 heavy (non-hydrogen) atoms. The molecule has 0 aliphatic heterocycles. The summed E-state index contributed by atoms with van der Waals surface area (Å²) in [6.45, 7) is 0. The van der Waals surface area contributed by atoms with Crippen LogP contribution in [-0.2, 0) is 7.05 Å². The van der Waals surface area contributed by atoms with Gasteiger partial charge >= 0.3 is 0 Å². The number of aryl methyl sites for hydroxylation is 1. The average molecular weight is 370 g/mol. The van der Waals surface area contributed by atoms with Crippen LogP contribution in [0.15, 0.2) is 47.1 Å². The highest BCUT2D eigenvalue weighted by Gasteiger charge is 2.17. The van der Waals surface area contributed by atoms with E-state index in [1.165, 1.54) is 37.3 Å². The molecule has 2 amide bonds. The average Bonchev–Trinajstić information content (AvgIpc) is 3.32. The maximum absolute atomic E-state index is 12.5. The number of furan rings is 1. The molecule has 2 heterocycles. The van der Waals surface area contributed by atoms with Crippen LogP contribution in [0.5, 0.6) is 11.5 Å². The Kier molecular flexibility index (Phi) is 5.11. The van der Waals surface area contributed by atoms with Gasteiger partial charge in [0.2, 0.25) is 0 Å². The van der Waals surface area contributed by atoms with Crippen molar-refractivity contribution in [3.8, 4) is 11.5 Å². The second-order valence-corrected chi connectivity index (χ2v) is 5.49. The Labute approximate surface area is 154 Å². The lowest BCUT2D eigenvalue weighted by Gasteiger charge is -2.09. The number of amides is 2. The molecule has 0 saturated carbocycles. The van der Waals surface area contributed by atoms with E-state index in [4.69, 9.17) is 13.9 Å². The summed E-state index contributed by atoms with van der Waals surface area (Å²) in [6, 6.07) is 9.62. The van der Waals surface area contributed by atoms with E-state index in [9.17, 15) is 9.59 Å². The van der Waals surface area contributed by atoms with Gasteiger partial charge in [0.25, 0.3) is 11.8 Å². The summed E-state index contributed by atoms with van der Waals surface area (Å²) in [4.78, 5) is 24.5. The van der Waals surface area contributed by atoms with Crippen molar-refractivity contribution in [2.45, 2.75) is 0 Å². The molecular formula is C18H18N4O5. The Hall–Kier alpha value is -3.75. The highest BCUT2D eigenvalue weighted by atomic mass is 16.5. The van der Waals surface area contributed by atoms with Crippen molar-refractivity contribution in [2.24, 2.45) is 7.05 Å². The maximum Gasteiger partial charge on any atom is 0.292 e. The molecule has 0 aliphatic carbocycles. The summed E-state index contributed by atoms with van der Waals surface area (Å²) in [7, 11) is 4.66. The number of nitrogens with zero attached hydrogens (tertiary/aromatic N) is 2. The van der Waals surface area contributed by atoms with Crippen molar-refractivity contribution in [1.29, 1.82) is 0 Å². The number of hydrogen-bond acceptors (Lipinski definition) is 6. The monoisotopic (exact) mass is 370 g/mol. The minimum atomic E-state index is -0.435. The van der Waals surface area contributed by atoms with E-state index in [-0.39, 0.29) is 11.5 Å². The van der Waals surface area contributed by atoms with Gasteiger partial charge in [-0.2, -0.15) is 5.10 Å². The molecule has 0 aliphatic rings. The van der Waals surface area contributed by atoms with Crippen LogP contribution in [-0.4, -0.2) is 35.8 Å². The van der Waals surface area contributed by atoms with Crippen LogP contribution in [0.25, 0.3) is 0 Å². The van der Waals surface area contributed by atoms with Gasteiger partial charge < -0.3 is 24.5 Å². The first kappa shape index (κ1) is 18.1. The fraction of sp³-hybridized carbons (Fsp3) is 0.167. The van der Waals surface area contributed by atoms with E-state index in [1.807, 2.05) is 0 Å². The molecule has 0 atom stereocenters. The fourth-order valence-corrected chi connectivity index (χ4v) is 2.39. The Morgan fingerprint density at radius 2 is 1.81 bits per heavy atom. The number of aromatic nitrogens is 2. The first-order valence-electron chi connectivity index (χ1n) is 7.94. The number of anilines is 2. The molecule has 9 heteroatoms. The highest BCUT2D eigenvalue weighted by molar-refractivity contribution is 6.05. The molecule has 2 aromatic heterocycles. The highest BCUT2D eigenvalue weighted by Crippen LogP contribution is 2.29. The van der Waals surface area contributed by atoms with Gasteiger partial charge in [0.05, 0.1) is 20.5 Å². The molecule has 3 aromatic rings. The SMILES string of the molecule is COc1ccc(NC(=O)c2cc(NC(=O)c3ccco3)n(C)n2)cc1OC. The summed E-state index contributed by atoms with van der Waals surface area (Å²) in [5, 5.41) is 9.48. The molecule has 0 bridgehead atoms. The molecule has 2 N–H and O–H groups in total. The third-order valence-corrected chi connectivity index (χ3v) is 3.74. The number of hydrogen-bond donors (Lipinski definition) is 2. The summed E-state index contributed by atoms with van der Waals surface area (Å²) < 4.78 is 16.8. The molecule has 9 nitrogen and oxygen atoms in total. The maximum atomic E-state index is 12.5. The lowest BCUT2D eigenvalue weighted by atomic mass is 10.2. The van der Waals surface area contributed by atoms with Crippen molar-refractivity contribution < 1.29 is 23.5 Å². The number of benzene rings is 1. The third kappa shape index (κ3) is 3.92. The van der Waals surface area contributed by atoms with Gasteiger partial charge in [-0.3, -0.25) is 14.3 Å². The van der Waals surface area contributed by atoms with Gasteiger partial charge in [-0.15, -0.1) is 0 Å². The normalized spacial score (nSPS) is 10.3. The topological polar surface area (TPSA) is 108 Å². The summed E-state index contributed by atoms with van der Waals surface area (Å²) in [5.74, 6) is 0.687. The van der Waals surface area contributed by atoms with Gasteiger partial charge in [0.15, 0.2) is 23.0 Å². The van der Waals surface area contributed by atoms with Gasteiger partial charge in [-0.1, -0.05) is 0 Å². The van der Waals surface area contributed by atoms with Crippen LogP contribution in [0.2, 0.25) is 0 Å². The number of methoxy groups -OCH3 is 2. The molecule has 140 valence electrons. The first-order chi connectivity index (χ1) is 13.0. The van der Waals surface area contributed by atoms with Gasteiger partial charge in [0, 0.05) is 24.9 Å². The molecule has 0 saturated heterocycles. The van der Waals surface area contributed by atoms with Crippen LogP contribution in [0.1, 0.15) is 21.0 Å². The smallest absolute Gasteiger partial charge is 0.292 e. The van der Waals surface area contributed by atoms with E-state index in [0.29, 0.717) is 23.0 Å². The minimum Gasteiger partial charge on any atom is -0.493 e. The number of nitrogens with one attached hydrogen (secondary N) is 2. The molecule has 3 rings (SSSR count). The number of carbonyl (C=O) groups excluding carboxylic acids is 2. The number of carbonyl (C=O) groups is 2. The predicted octanol–water partition coefficient (Wildman–Crippen LogP) is 2.53. The standard InChI is InChI=1S/C18H18N4O5/c1-22-16(20-18(24)14-5-4-8-27-14)10-12(21-22)17(23)19-11-6-7-13(25-2)15(9-11)26-3/h4-10H,1-3H3,(H,19,23)(H,20,24). The zero-order valence-corrected chi connectivity index (χ0v) is 15.0. The van der Waals surface area contributed by atoms with Crippen molar-refractivity contribution in [2.75, 3.05) is 24.9 Å². The molecule has 0 spiro atoms. The van der Waals surface area contributed by atoms with Crippen LogP contribution in [0.3, 0.4) is 0 Å². The zero-order valence-electron chi connectivity index (χ0n) is 15.0. The summed E-state index contributed by atoms with van der Waals surface area (Å²) in [5.41, 5.74) is 0.659. The predicted molar refractivity (Wildman–Crippen MR) is 97.4 cm³/mol. The molecule has 1 aromatic carbocycles. The van der Waals surface area contributed by atoms with E-state index < -0.39 is 11.8 Å². The van der Waals surface area contributed by atoms with Crippen molar-refractivity contribution in [1.82, 2.24) is 9.78 Å². The van der Waals surface area contributed by atoms with Crippen molar-refractivity contribution in [3.63, 3.8) is 0 Å². The number of ether oxygens (including phenoxy) is 2. The zero-order chi connectivity index (χ0) is 19.4. The quantitative estimate of drug-likeness (QED) is 0.690. The van der Waals surface area contributed by atoms with Gasteiger partial charge in [-0.05, 0) is 24.3 Å². The second kappa shape index (κ2) is 7.65. The number of rotatable bonds is 6. The molecule has 0 fully saturated rings. The van der Waals surface area contributed by atoms with Gasteiger partial charge in [0.1, 0.15) is 5.82 Å². The summed E-state index contributed by atoms with van der Waals surface area (Å²) in [6.07, 6.45) is 1.40. The Morgan fingerprint density at radius 3 is 2.48 bits per heavy atom. The van der Waals surface area contributed by atoms with E-state index >= 15 is 0 Å². The van der Waals surface area contributed by atoms with Crippen LogP contribution < -0.4 is 20.1 Å². The molecular weight excluding hydrogens is 352 g/mol. The van der Waals surface area contributed by atoms with Gasteiger partial charge in [-0.25, -0.2) is 0 Å².